The summed E-state index contributed by atoms with van der Waals surface area (Å²) in [6.07, 6.45) is 0.736. The van der Waals surface area contributed by atoms with Crippen LogP contribution in [0.3, 0.4) is 0 Å². The van der Waals surface area contributed by atoms with Crippen molar-refractivity contribution in [1.29, 1.82) is 0 Å². The van der Waals surface area contributed by atoms with Crippen LogP contribution >= 0.6 is 0 Å². The first-order valence-corrected chi connectivity index (χ1v) is 8.55. The highest BCUT2D eigenvalue weighted by Gasteiger charge is 2.18. The lowest BCUT2D eigenvalue weighted by Gasteiger charge is -2.16. The molecule has 3 rings (SSSR count). The van der Waals surface area contributed by atoms with Crippen LogP contribution in [0.4, 0.5) is 5.69 Å². The first-order valence-electron chi connectivity index (χ1n) is 8.55. The van der Waals surface area contributed by atoms with Crippen LogP contribution in [-0.4, -0.2) is 23.2 Å². The number of carbonyl (C=O) groups is 1. The molecule has 0 radical (unpaired) electrons. The highest BCUT2D eigenvalue weighted by molar-refractivity contribution is 5.96. The van der Waals surface area contributed by atoms with E-state index in [1.807, 2.05) is 67.6 Å². The van der Waals surface area contributed by atoms with Gasteiger partial charge in [-0.05, 0) is 30.2 Å². The smallest absolute Gasteiger partial charge is 0.233 e. The lowest BCUT2D eigenvalue weighted by atomic mass is 9.95. The average Bonchev–Trinajstić information content (AvgIpc) is 2.69. The van der Waals surface area contributed by atoms with Crippen molar-refractivity contribution in [2.45, 2.75) is 19.3 Å². The number of hydrogen-bond donors (Lipinski definition) is 1. The minimum absolute atomic E-state index is 0.0170. The van der Waals surface area contributed by atoms with E-state index in [1.165, 1.54) is 0 Å². The first kappa shape index (κ1) is 17.6. The number of anilines is 1. The molecule has 0 unspecified atom stereocenters. The third-order valence-corrected chi connectivity index (χ3v) is 4.20. The van der Waals surface area contributed by atoms with E-state index in [1.54, 1.807) is 13.2 Å². The second-order valence-electron chi connectivity index (χ2n) is 5.90. The molecule has 0 aliphatic carbocycles. The molecule has 2 aromatic carbocycles. The van der Waals surface area contributed by atoms with Gasteiger partial charge in [0.2, 0.25) is 11.8 Å². The number of ether oxygens (including phenoxy) is 1. The predicted octanol–water partition coefficient (Wildman–Crippen LogP) is 4.28. The standard InChI is InChI=1S/C21H21N3O2/c1-3-18(15-8-5-4-6-9-15)21(25)22-17-11-7-10-16(14-17)19-12-13-20(26-2)24-23-19/h4-14,18H,3H2,1-2H3,(H,22,25)/t18-/m1/s1. The fourth-order valence-electron chi connectivity index (χ4n) is 2.83. The molecule has 1 N–H and O–H groups in total. The number of carbonyl (C=O) groups excluding carboxylic acids is 1. The molecule has 0 spiro atoms. The summed E-state index contributed by atoms with van der Waals surface area (Å²) in [5, 5.41) is 11.1. The number of aromatic nitrogens is 2. The van der Waals surface area contributed by atoms with Crippen LogP contribution in [0.15, 0.2) is 66.7 Å². The number of amides is 1. The quantitative estimate of drug-likeness (QED) is 0.723. The van der Waals surface area contributed by atoms with E-state index in [0.29, 0.717) is 5.88 Å². The van der Waals surface area contributed by atoms with Crippen LogP contribution in [0.5, 0.6) is 5.88 Å². The van der Waals surface area contributed by atoms with Crippen LogP contribution in [0.1, 0.15) is 24.8 Å². The Balaban J connectivity index is 1.78. The van der Waals surface area contributed by atoms with Gasteiger partial charge >= 0.3 is 0 Å². The number of rotatable bonds is 6. The maximum atomic E-state index is 12.7. The van der Waals surface area contributed by atoms with Gasteiger partial charge in [-0.2, -0.15) is 0 Å². The number of hydrogen-bond acceptors (Lipinski definition) is 4. The molecule has 0 bridgehead atoms. The van der Waals surface area contributed by atoms with Gasteiger partial charge in [0.25, 0.3) is 0 Å². The molecule has 0 aliphatic rings. The molecule has 132 valence electrons. The topological polar surface area (TPSA) is 64.1 Å². The Bertz CT molecular complexity index is 864. The van der Waals surface area contributed by atoms with Gasteiger partial charge in [0.1, 0.15) is 0 Å². The molecule has 0 aliphatic heterocycles. The van der Waals surface area contributed by atoms with E-state index < -0.39 is 0 Å². The Morgan fingerprint density at radius 1 is 1.04 bits per heavy atom. The Morgan fingerprint density at radius 2 is 1.85 bits per heavy atom. The zero-order chi connectivity index (χ0) is 18.4. The van der Waals surface area contributed by atoms with Gasteiger partial charge in [0.15, 0.2) is 0 Å². The largest absolute Gasteiger partial charge is 0.480 e. The minimum Gasteiger partial charge on any atom is -0.480 e. The zero-order valence-corrected chi connectivity index (χ0v) is 14.8. The number of methoxy groups -OCH3 is 1. The van der Waals surface area contributed by atoms with Crippen molar-refractivity contribution < 1.29 is 9.53 Å². The van der Waals surface area contributed by atoms with Crippen LogP contribution in [0.2, 0.25) is 0 Å². The van der Waals surface area contributed by atoms with Gasteiger partial charge in [-0.1, -0.05) is 49.4 Å². The van der Waals surface area contributed by atoms with Crippen molar-refractivity contribution in [1.82, 2.24) is 10.2 Å². The second-order valence-corrected chi connectivity index (χ2v) is 5.90. The summed E-state index contributed by atoms with van der Waals surface area (Å²) >= 11 is 0. The summed E-state index contributed by atoms with van der Waals surface area (Å²) in [5.74, 6) is 0.268. The number of nitrogens with one attached hydrogen (secondary N) is 1. The van der Waals surface area contributed by atoms with Crippen molar-refractivity contribution >= 4 is 11.6 Å². The SMILES string of the molecule is CC[C@@H](C(=O)Nc1cccc(-c2ccc(OC)nn2)c1)c1ccccc1. The van der Waals surface area contributed by atoms with Crippen molar-refractivity contribution in [3.63, 3.8) is 0 Å². The molecule has 3 aromatic rings. The van der Waals surface area contributed by atoms with Crippen LogP contribution in [-0.2, 0) is 4.79 Å². The monoisotopic (exact) mass is 347 g/mol. The zero-order valence-electron chi connectivity index (χ0n) is 14.8. The van der Waals surface area contributed by atoms with Crippen LogP contribution in [0, 0.1) is 0 Å². The Labute approximate surface area is 153 Å². The fourth-order valence-corrected chi connectivity index (χ4v) is 2.83. The maximum absolute atomic E-state index is 12.7. The summed E-state index contributed by atoms with van der Waals surface area (Å²) in [6.45, 7) is 2.01. The van der Waals surface area contributed by atoms with Crippen molar-refractivity contribution in [2.75, 3.05) is 12.4 Å². The van der Waals surface area contributed by atoms with E-state index in [0.717, 1.165) is 28.9 Å². The molecule has 1 amide bonds. The molecular weight excluding hydrogens is 326 g/mol. The lowest BCUT2D eigenvalue weighted by molar-refractivity contribution is -0.117. The first-order chi connectivity index (χ1) is 12.7. The van der Waals surface area contributed by atoms with Crippen molar-refractivity contribution in [2.24, 2.45) is 0 Å². The molecule has 1 atom stereocenters. The van der Waals surface area contributed by atoms with Gasteiger partial charge in [-0.25, -0.2) is 0 Å². The normalized spacial score (nSPS) is 11.6. The van der Waals surface area contributed by atoms with Crippen LogP contribution < -0.4 is 10.1 Å². The average molecular weight is 347 g/mol. The van der Waals surface area contributed by atoms with Crippen LogP contribution in [0.25, 0.3) is 11.3 Å². The molecule has 5 heteroatoms. The van der Waals surface area contributed by atoms with E-state index in [9.17, 15) is 4.79 Å². The molecule has 0 saturated heterocycles. The second kappa shape index (κ2) is 8.25. The van der Waals surface area contributed by atoms with E-state index >= 15 is 0 Å². The third-order valence-electron chi connectivity index (χ3n) is 4.20. The summed E-state index contributed by atoms with van der Waals surface area (Å²) in [6, 6.07) is 21.0. The third kappa shape index (κ3) is 4.06. The van der Waals surface area contributed by atoms with E-state index in [4.69, 9.17) is 4.74 Å². The van der Waals surface area contributed by atoms with E-state index in [2.05, 4.69) is 15.5 Å². The maximum Gasteiger partial charge on any atom is 0.233 e. The number of nitrogens with zero attached hydrogens (tertiary/aromatic N) is 2. The molecule has 0 saturated carbocycles. The van der Waals surface area contributed by atoms with Gasteiger partial charge in [0.05, 0.1) is 18.7 Å². The van der Waals surface area contributed by atoms with Gasteiger partial charge in [-0.3, -0.25) is 4.79 Å². The van der Waals surface area contributed by atoms with Gasteiger partial charge in [-0.15, -0.1) is 10.2 Å². The highest BCUT2D eigenvalue weighted by atomic mass is 16.5. The van der Waals surface area contributed by atoms with Crippen molar-refractivity contribution in [3.05, 3.63) is 72.3 Å². The summed E-state index contributed by atoms with van der Waals surface area (Å²) in [5.41, 5.74) is 3.35. The molecule has 5 nitrogen and oxygen atoms in total. The summed E-state index contributed by atoms with van der Waals surface area (Å²) < 4.78 is 5.03. The fraction of sp³-hybridized carbons (Fsp3) is 0.190. The molecule has 1 heterocycles. The Kier molecular flexibility index (Phi) is 5.59. The summed E-state index contributed by atoms with van der Waals surface area (Å²) in [4.78, 5) is 12.7. The van der Waals surface area contributed by atoms with Gasteiger partial charge in [0, 0.05) is 17.3 Å². The molecular formula is C21H21N3O2. The van der Waals surface area contributed by atoms with E-state index in [-0.39, 0.29) is 11.8 Å². The summed E-state index contributed by atoms with van der Waals surface area (Å²) in [7, 11) is 1.55. The Hall–Kier alpha value is -3.21. The molecule has 26 heavy (non-hydrogen) atoms. The highest BCUT2D eigenvalue weighted by Crippen LogP contribution is 2.24. The van der Waals surface area contributed by atoms with Gasteiger partial charge < -0.3 is 10.1 Å². The Morgan fingerprint density at radius 3 is 2.50 bits per heavy atom. The predicted molar refractivity (Wildman–Crippen MR) is 102 cm³/mol. The lowest BCUT2D eigenvalue weighted by Crippen LogP contribution is -2.20. The minimum atomic E-state index is -0.180. The van der Waals surface area contributed by atoms with Crippen molar-refractivity contribution in [3.8, 4) is 17.1 Å². The molecule has 0 fully saturated rings. The molecule has 1 aromatic heterocycles. The number of benzene rings is 2.